The summed E-state index contributed by atoms with van der Waals surface area (Å²) in [4.78, 5) is 28.7. The number of rotatable bonds is 8. The van der Waals surface area contributed by atoms with Crippen LogP contribution in [0.5, 0.6) is 0 Å². The lowest BCUT2D eigenvalue weighted by atomic mass is 9.50. The number of amides is 1. The molecule has 0 radical (unpaired) electrons. The highest BCUT2D eigenvalue weighted by atomic mass is 35.5. The smallest absolute Gasteiger partial charge is 0.306 e. The number of nitrogens with zero attached hydrogens (tertiary/aromatic N) is 4. The van der Waals surface area contributed by atoms with Crippen LogP contribution in [0.4, 0.5) is 5.69 Å². The average Bonchev–Trinajstić information content (AvgIpc) is 3.72. The van der Waals surface area contributed by atoms with Crippen LogP contribution in [0, 0.1) is 5.92 Å². The number of carbonyl (C=O) groups is 2. The molecule has 3 heterocycles. The number of carboxylic acid groups (broad SMARTS) is 1. The number of benzene rings is 3. The first kappa shape index (κ1) is 32.6. The van der Waals surface area contributed by atoms with E-state index in [-0.39, 0.29) is 17.9 Å². The largest absolute Gasteiger partial charge is 0.481 e. The van der Waals surface area contributed by atoms with Crippen molar-refractivity contribution in [2.75, 3.05) is 18.5 Å². The molecule has 3 aromatic carbocycles. The molecule has 250 valence electrons. The molecular weight excluding hydrogens is 649 g/mol. The molecular formula is C36H39Cl2N7O3. The molecule has 48 heavy (non-hydrogen) atoms. The van der Waals surface area contributed by atoms with Crippen molar-refractivity contribution in [3.05, 3.63) is 93.0 Å². The van der Waals surface area contributed by atoms with E-state index in [4.69, 9.17) is 23.2 Å². The molecule has 1 aliphatic carbocycles. The second kappa shape index (κ2) is 12.5. The Kier molecular flexibility index (Phi) is 8.46. The number of aromatic nitrogens is 4. The molecule has 1 aromatic heterocycles. The Morgan fingerprint density at radius 2 is 1.79 bits per heavy atom. The molecule has 3 atom stereocenters. The first-order valence-corrected chi connectivity index (χ1v) is 17.2. The van der Waals surface area contributed by atoms with Crippen molar-refractivity contribution in [2.45, 2.75) is 74.9 Å². The lowest BCUT2D eigenvalue weighted by Gasteiger charge is -2.53. The zero-order valence-corrected chi connectivity index (χ0v) is 28.6. The van der Waals surface area contributed by atoms with Gasteiger partial charge in [0, 0.05) is 57.2 Å². The maximum Gasteiger partial charge on any atom is 0.306 e. The first-order chi connectivity index (χ1) is 23.0. The number of hydrogen-bond acceptors (Lipinski definition) is 7. The molecule has 4 aromatic rings. The number of anilines is 1. The van der Waals surface area contributed by atoms with Crippen LogP contribution in [0.2, 0.25) is 10.0 Å². The summed E-state index contributed by atoms with van der Waals surface area (Å²) in [5.74, 6) is -1.29. The highest BCUT2D eigenvalue weighted by Crippen LogP contribution is 2.62. The highest BCUT2D eigenvalue weighted by molar-refractivity contribution is 6.31. The summed E-state index contributed by atoms with van der Waals surface area (Å²) in [7, 11) is 1.82. The van der Waals surface area contributed by atoms with Crippen LogP contribution >= 0.6 is 23.2 Å². The third-order valence-corrected chi connectivity index (χ3v) is 11.8. The predicted octanol–water partition coefficient (Wildman–Crippen LogP) is 5.85. The molecule has 2 aliphatic heterocycles. The van der Waals surface area contributed by atoms with E-state index in [9.17, 15) is 14.7 Å². The number of aromatic amines is 1. The number of carboxylic acids is 1. The van der Waals surface area contributed by atoms with E-state index in [2.05, 4.69) is 80.3 Å². The van der Waals surface area contributed by atoms with Crippen LogP contribution in [-0.4, -0.2) is 63.3 Å². The molecule has 4 bridgehead atoms. The van der Waals surface area contributed by atoms with Gasteiger partial charge in [0.2, 0.25) is 11.7 Å². The Morgan fingerprint density at radius 1 is 1.02 bits per heavy atom. The van der Waals surface area contributed by atoms with Crippen molar-refractivity contribution in [1.29, 1.82) is 0 Å². The Labute approximate surface area is 289 Å². The normalized spacial score (nSPS) is 23.8. The van der Waals surface area contributed by atoms with Gasteiger partial charge in [-0.3, -0.25) is 9.59 Å². The Morgan fingerprint density at radius 3 is 2.48 bits per heavy atom. The van der Waals surface area contributed by atoms with Crippen LogP contribution in [0.15, 0.2) is 60.7 Å². The topological polar surface area (TPSA) is 136 Å². The molecule has 7 rings (SSSR count). The van der Waals surface area contributed by atoms with Crippen LogP contribution in [0.3, 0.4) is 0 Å². The van der Waals surface area contributed by atoms with Crippen LogP contribution < -0.4 is 15.5 Å². The molecule has 0 saturated heterocycles. The van der Waals surface area contributed by atoms with Crippen molar-refractivity contribution in [1.82, 2.24) is 31.3 Å². The van der Waals surface area contributed by atoms with Gasteiger partial charge in [0.25, 0.3) is 0 Å². The van der Waals surface area contributed by atoms with Crippen molar-refractivity contribution >= 4 is 40.8 Å². The predicted molar refractivity (Wildman–Crippen MR) is 185 cm³/mol. The van der Waals surface area contributed by atoms with Crippen LogP contribution in [0.1, 0.15) is 67.7 Å². The maximum atomic E-state index is 14.7. The van der Waals surface area contributed by atoms with Crippen LogP contribution in [-0.2, 0) is 27.0 Å². The Bertz CT molecular complexity index is 1860. The minimum absolute atomic E-state index is 0.123. The summed E-state index contributed by atoms with van der Waals surface area (Å²) in [6, 6.07) is 19.4. The maximum absolute atomic E-state index is 14.7. The second-order valence-electron chi connectivity index (χ2n) is 13.9. The number of halogens is 2. The fourth-order valence-electron chi connectivity index (χ4n) is 8.76. The van der Waals surface area contributed by atoms with Crippen LogP contribution in [0.25, 0.3) is 11.4 Å². The number of H-pyrrole nitrogens is 1. The monoisotopic (exact) mass is 687 g/mol. The zero-order chi connectivity index (χ0) is 33.8. The van der Waals surface area contributed by atoms with Gasteiger partial charge in [-0.15, -0.1) is 10.2 Å². The van der Waals surface area contributed by atoms with Crippen molar-refractivity contribution in [2.24, 2.45) is 5.92 Å². The number of hydrogen-bond donors (Lipinski definition) is 4. The Balaban J connectivity index is 1.44. The third kappa shape index (κ3) is 5.25. The summed E-state index contributed by atoms with van der Waals surface area (Å²) >= 11 is 14.0. The third-order valence-electron chi connectivity index (χ3n) is 11.2. The van der Waals surface area contributed by atoms with E-state index >= 15 is 0 Å². The van der Waals surface area contributed by atoms with Gasteiger partial charge in [-0.2, -0.15) is 5.21 Å². The van der Waals surface area contributed by atoms with E-state index in [1.807, 2.05) is 37.4 Å². The molecule has 10 nitrogen and oxygen atoms in total. The summed E-state index contributed by atoms with van der Waals surface area (Å²) < 4.78 is 0. The van der Waals surface area contributed by atoms with E-state index in [1.54, 1.807) is 0 Å². The fraction of sp³-hybridized carbons (Fsp3) is 0.417. The summed E-state index contributed by atoms with van der Waals surface area (Å²) in [6.45, 7) is 5.72. The van der Waals surface area contributed by atoms with Crippen molar-refractivity contribution < 1.29 is 14.7 Å². The molecule has 1 amide bonds. The molecule has 0 spiro atoms. The first-order valence-electron chi connectivity index (χ1n) is 16.4. The molecule has 4 N–H and O–H groups in total. The number of tetrazole rings is 1. The van der Waals surface area contributed by atoms with Crippen molar-refractivity contribution in [3.63, 3.8) is 0 Å². The molecule has 12 heteroatoms. The highest BCUT2D eigenvalue weighted by Gasteiger charge is 2.62. The van der Waals surface area contributed by atoms with Gasteiger partial charge < -0.3 is 20.6 Å². The van der Waals surface area contributed by atoms with Gasteiger partial charge >= 0.3 is 5.97 Å². The van der Waals surface area contributed by atoms with Gasteiger partial charge in [0.15, 0.2) is 0 Å². The average molecular weight is 689 g/mol. The van der Waals surface area contributed by atoms with Gasteiger partial charge in [-0.05, 0) is 84.5 Å². The molecule has 3 aliphatic rings. The summed E-state index contributed by atoms with van der Waals surface area (Å²) in [5, 5.41) is 32.7. The minimum Gasteiger partial charge on any atom is -0.481 e. The number of fused-ring (bicyclic) bond motifs is 7. The Hall–Kier alpha value is -3.99. The fourth-order valence-corrected chi connectivity index (χ4v) is 9.19. The lowest BCUT2D eigenvalue weighted by Crippen LogP contribution is -2.61. The molecule has 1 saturated carbocycles. The summed E-state index contributed by atoms with van der Waals surface area (Å²) in [5.41, 5.74) is 4.58. The number of aliphatic carboxylic acids is 1. The molecule has 1 fully saturated rings. The number of nitrogens with one attached hydrogen (secondary N) is 3. The van der Waals surface area contributed by atoms with Gasteiger partial charge in [-0.1, -0.05) is 73.4 Å². The van der Waals surface area contributed by atoms with E-state index in [1.165, 1.54) is 0 Å². The standard InChI is InChI=1S/C36H39Cl2N7O3/c1-35(2)26-16-20(8-14-24(26)32-41-43-44-42-32)18-45-19-36(35,27-17-22(37)11-15-29(27)45)30(25-6-4-5-7-28(25)38)31(39-3)33(46)40-23-12-9-21(10-13-23)34(47)48/h4-8,11,14-17,21,23,30-31,39H,9-10,12-13,18-19H2,1-3H3,(H,40,46)(H,47,48)(H,41,42,43,44)/t21?,23?,30-,31+,36+/m0/s1. The van der Waals surface area contributed by atoms with Gasteiger partial charge in [-0.25, -0.2) is 0 Å². The lowest BCUT2D eigenvalue weighted by molar-refractivity contribution is -0.142. The van der Waals surface area contributed by atoms with E-state index in [0.29, 0.717) is 54.6 Å². The van der Waals surface area contributed by atoms with Gasteiger partial charge in [0.05, 0.1) is 12.0 Å². The van der Waals surface area contributed by atoms with E-state index in [0.717, 1.165) is 33.5 Å². The summed E-state index contributed by atoms with van der Waals surface area (Å²) in [6.07, 6.45) is 2.29. The second-order valence-corrected chi connectivity index (χ2v) is 14.7. The van der Waals surface area contributed by atoms with Crippen molar-refractivity contribution in [3.8, 4) is 11.4 Å². The minimum atomic E-state index is -0.773. The van der Waals surface area contributed by atoms with E-state index < -0.39 is 28.8 Å². The number of likely N-dealkylation sites (N-methyl/N-ethyl adjacent to an activating group) is 1. The number of carbonyl (C=O) groups excluding carboxylic acids is 1. The molecule has 0 unspecified atom stereocenters. The zero-order valence-electron chi connectivity index (χ0n) is 27.1. The van der Waals surface area contributed by atoms with Gasteiger partial charge in [0.1, 0.15) is 0 Å². The SMILES string of the molecule is CN[C@@H](C(=O)NC1CCC(C(=O)O)CC1)[C@H](c1ccccc1Cl)[C@]12CN(Cc3ccc(-c4nn[nH]n4)c(c3)C1(C)C)c1ccc(Cl)cc12. The quantitative estimate of drug-likeness (QED) is 0.181.